The average molecular weight is 718 g/mol. The molecule has 5 heteroatoms. The van der Waals surface area contributed by atoms with Crippen LogP contribution >= 0.6 is 0 Å². The Morgan fingerprint density at radius 2 is 0.981 bits per heavy atom. The summed E-state index contributed by atoms with van der Waals surface area (Å²) in [5.41, 5.74) is 5.83. The number of fused-ring (bicyclic) bond motifs is 1. The van der Waals surface area contributed by atoms with Crippen LogP contribution in [0.5, 0.6) is 0 Å². The topological polar surface area (TPSA) is 54.9 Å². The summed E-state index contributed by atoms with van der Waals surface area (Å²) in [4.78, 5) is 5.98. The summed E-state index contributed by atoms with van der Waals surface area (Å²) in [5, 5.41) is 8.07. The Balaban J connectivity index is 1.46. The smallest absolute Gasteiger partial charge is 0.198 e. The monoisotopic (exact) mass is 717 g/mol. The van der Waals surface area contributed by atoms with E-state index in [0.29, 0.717) is 5.96 Å². The van der Waals surface area contributed by atoms with Gasteiger partial charge < -0.3 is 20.1 Å². The van der Waals surface area contributed by atoms with Gasteiger partial charge >= 0.3 is 0 Å². The molecule has 0 amide bonds. The van der Waals surface area contributed by atoms with Crippen LogP contribution in [-0.4, -0.2) is 24.0 Å². The van der Waals surface area contributed by atoms with Crippen LogP contribution in [-0.2, 0) is 31.4 Å². The van der Waals surface area contributed by atoms with E-state index in [1.807, 2.05) is 0 Å². The number of hydrogen-bond donors (Lipinski definition) is 2. The zero-order valence-electron chi connectivity index (χ0n) is 32.7. The lowest BCUT2D eigenvalue weighted by Crippen LogP contribution is -2.59. The number of hydrogen-bond acceptors (Lipinski definition) is 5. The Hall–Kier alpha value is -4.71. The maximum absolute atomic E-state index is 7.64. The summed E-state index contributed by atoms with van der Waals surface area (Å²) in [6, 6.07) is 49.9. The van der Waals surface area contributed by atoms with E-state index in [1.165, 1.54) is 17.5 Å². The van der Waals surface area contributed by atoms with Gasteiger partial charge in [0, 0.05) is 18.5 Å². The van der Waals surface area contributed by atoms with Crippen LogP contribution < -0.4 is 10.6 Å². The minimum Gasteiger partial charge on any atom is -0.341 e. The largest absolute Gasteiger partial charge is 0.341 e. The van der Waals surface area contributed by atoms with E-state index < -0.39 is 29.1 Å². The highest BCUT2D eigenvalue weighted by atomic mass is 16.8. The van der Waals surface area contributed by atoms with Gasteiger partial charge in [0.1, 0.15) is 23.3 Å². The first-order chi connectivity index (χ1) is 25.9. The van der Waals surface area contributed by atoms with Crippen molar-refractivity contribution >= 4 is 11.6 Å². The number of nitrogens with zero attached hydrogens (tertiary/aromatic N) is 1. The second-order valence-corrected chi connectivity index (χ2v) is 17.6. The number of anilines is 1. The van der Waals surface area contributed by atoms with Crippen molar-refractivity contribution in [3.63, 3.8) is 0 Å². The summed E-state index contributed by atoms with van der Waals surface area (Å²) in [5.74, 6) is -0.0669. The van der Waals surface area contributed by atoms with Gasteiger partial charge in [0.25, 0.3) is 0 Å². The summed E-state index contributed by atoms with van der Waals surface area (Å²) in [7, 11) is 0. The molecule has 5 aromatic rings. The van der Waals surface area contributed by atoms with E-state index >= 15 is 0 Å². The number of aliphatic imine (C=N–C) groups is 1. The third-order valence-corrected chi connectivity index (χ3v) is 11.8. The van der Waals surface area contributed by atoms with E-state index in [1.54, 1.807) is 0 Å². The van der Waals surface area contributed by atoms with Gasteiger partial charge in [0.15, 0.2) is 11.7 Å². The van der Waals surface area contributed by atoms with Gasteiger partial charge in [-0.3, -0.25) is 0 Å². The van der Waals surface area contributed by atoms with Crippen molar-refractivity contribution in [2.75, 3.05) is 5.32 Å². The highest BCUT2D eigenvalue weighted by molar-refractivity contribution is 5.96. The van der Waals surface area contributed by atoms with Gasteiger partial charge in [-0.2, -0.15) is 0 Å². The molecule has 0 aromatic heterocycles. The van der Waals surface area contributed by atoms with E-state index in [9.17, 15) is 0 Å². The maximum Gasteiger partial charge on any atom is 0.198 e. The molecular weight excluding hydrogens is 663 g/mol. The Bertz CT molecular complexity index is 1960. The molecule has 2 aliphatic heterocycles. The third-order valence-electron chi connectivity index (χ3n) is 11.8. The van der Waals surface area contributed by atoms with Gasteiger partial charge in [0.05, 0.1) is 0 Å². The summed E-state index contributed by atoms with van der Waals surface area (Å²) in [6.07, 6.45) is 4.04. The molecule has 2 heterocycles. The number of nitrogens with one attached hydrogen (secondary N) is 2. The number of rotatable bonds is 5. The highest BCUT2D eigenvalue weighted by Gasteiger charge is 2.66. The van der Waals surface area contributed by atoms with Crippen molar-refractivity contribution in [2.45, 2.75) is 114 Å². The van der Waals surface area contributed by atoms with Gasteiger partial charge in [-0.25, -0.2) is 4.99 Å². The second-order valence-electron chi connectivity index (χ2n) is 17.6. The molecule has 1 saturated heterocycles. The van der Waals surface area contributed by atoms with Crippen LogP contribution in [0.3, 0.4) is 0 Å². The number of guanidine groups is 1. The van der Waals surface area contributed by atoms with Crippen LogP contribution in [0.25, 0.3) is 0 Å². The zero-order chi connectivity index (χ0) is 37.6. The van der Waals surface area contributed by atoms with Crippen LogP contribution in [0.1, 0.15) is 107 Å². The Morgan fingerprint density at radius 3 is 1.43 bits per heavy atom. The molecule has 0 unspecified atom stereocenters. The standard InChI is InChI=1S/C49H55N3O2/c1-45(2,3)39-32-40(46(4,5)6)34-41(33-39)50-44-51-48(35-22-12-7-13-23-35,36-24-14-8-15-25-36)42-43(54-47(53-42)30-20-11-21-31-47)49(52-44,37-26-16-9-17-27-37)38-28-18-10-19-29-38/h7-10,12-19,22-29,32-34,42-43H,11,20-21,30-31H2,1-6H3,(H2,50,51,52)/t42-,43-/m1/s1. The fourth-order valence-electron chi connectivity index (χ4n) is 8.90. The molecule has 2 atom stereocenters. The first-order valence-corrected chi connectivity index (χ1v) is 19.8. The summed E-state index contributed by atoms with van der Waals surface area (Å²) < 4.78 is 15.3. The molecule has 1 spiro atoms. The van der Waals surface area contributed by atoms with Gasteiger partial charge in [-0.05, 0) is 69.2 Å². The van der Waals surface area contributed by atoms with Crippen LogP contribution in [0.4, 0.5) is 5.69 Å². The zero-order valence-corrected chi connectivity index (χ0v) is 32.7. The lowest BCUT2D eigenvalue weighted by atomic mass is 9.69. The van der Waals surface area contributed by atoms with Crippen molar-refractivity contribution in [3.8, 4) is 0 Å². The predicted octanol–water partition coefficient (Wildman–Crippen LogP) is 11.0. The molecule has 0 bridgehead atoms. The first-order valence-electron chi connectivity index (χ1n) is 19.8. The molecule has 0 radical (unpaired) electrons. The fourth-order valence-corrected chi connectivity index (χ4v) is 8.90. The molecule has 5 nitrogen and oxygen atoms in total. The normalized spacial score (nSPS) is 21.7. The van der Waals surface area contributed by atoms with Crippen LogP contribution in [0, 0.1) is 0 Å². The van der Waals surface area contributed by atoms with E-state index in [4.69, 9.17) is 14.5 Å². The molecule has 2 fully saturated rings. The number of benzene rings is 5. The second kappa shape index (κ2) is 13.9. The third kappa shape index (κ3) is 6.46. The highest BCUT2D eigenvalue weighted by Crippen LogP contribution is 2.56. The van der Waals surface area contributed by atoms with Crippen LogP contribution in [0.15, 0.2) is 145 Å². The molecule has 278 valence electrons. The van der Waals surface area contributed by atoms with Gasteiger partial charge in [0.2, 0.25) is 0 Å². The molecule has 3 aliphatic rings. The summed E-state index contributed by atoms with van der Waals surface area (Å²) in [6.45, 7) is 13.7. The van der Waals surface area contributed by atoms with E-state index in [-0.39, 0.29) is 10.8 Å². The molecular formula is C49H55N3O2. The average Bonchev–Trinajstić information content (AvgIpc) is 3.50. The van der Waals surface area contributed by atoms with E-state index in [0.717, 1.165) is 53.6 Å². The Morgan fingerprint density at radius 1 is 0.556 bits per heavy atom. The lowest BCUT2D eigenvalue weighted by molar-refractivity contribution is -0.201. The Labute approximate surface area is 322 Å². The van der Waals surface area contributed by atoms with Crippen LogP contribution in [0.2, 0.25) is 0 Å². The van der Waals surface area contributed by atoms with Crippen molar-refractivity contribution in [1.29, 1.82) is 0 Å². The number of ether oxygens (including phenoxy) is 2. The predicted molar refractivity (Wildman–Crippen MR) is 221 cm³/mol. The van der Waals surface area contributed by atoms with Gasteiger partial charge in [-0.15, -0.1) is 0 Å². The molecule has 8 rings (SSSR count). The lowest BCUT2D eigenvalue weighted by Gasteiger charge is -2.43. The molecule has 54 heavy (non-hydrogen) atoms. The van der Waals surface area contributed by atoms with Gasteiger partial charge in [-0.1, -0.05) is 175 Å². The summed E-state index contributed by atoms with van der Waals surface area (Å²) >= 11 is 0. The Kier molecular flexibility index (Phi) is 9.31. The minimum atomic E-state index is -0.983. The van der Waals surface area contributed by atoms with Crippen molar-refractivity contribution in [1.82, 2.24) is 5.32 Å². The fraction of sp³-hybridized carbons (Fsp3) is 0.367. The SMILES string of the molecule is CC(C)(C)c1cc(NC2=NC(c3ccccc3)(c3ccccc3)[C@@H]3OC4(CCCCC4)O[C@H]3C(c3ccccc3)(c3ccccc3)N2)cc(C(C)(C)C)c1. The van der Waals surface area contributed by atoms with E-state index in [2.05, 4.69) is 192 Å². The molecule has 1 aliphatic carbocycles. The maximum atomic E-state index is 7.64. The van der Waals surface area contributed by atoms with Crippen molar-refractivity contribution in [3.05, 3.63) is 173 Å². The van der Waals surface area contributed by atoms with Crippen molar-refractivity contribution in [2.24, 2.45) is 4.99 Å². The molecule has 1 saturated carbocycles. The minimum absolute atomic E-state index is 0.0565. The first kappa shape index (κ1) is 36.3. The van der Waals surface area contributed by atoms with Crippen molar-refractivity contribution < 1.29 is 9.47 Å². The molecule has 2 N–H and O–H groups in total. The quantitative estimate of drug-likeness (QED) is 0.190. The molecule has 5 aromatic carbocycles.